The van der Waals surface area contributed by atoms with Gasteiger partial charge >= 0.3 is 11.8 Å². The maximum absolute atomic E-state index is 13.9. The first kappa shape index (κ1) is 16.0. The number of hydrogen-bond donors (Lipinski definition) is 0. The Hall–Kier alpha value is -1.06. The summed E-state index contributed by atoms with van der Waals surface area (Å²) in [5.74, 6) is -8.16. The largest absolute Gasteiger partial charge is 0.335 e. The highest BCUT2D eigenvalue weighted by atomic mass is 19.3. The van der Waals surface area contributed by atoms with Gasteiger partial charge in [0.15, 0.2) is 0 Å². The van der Waals surface area contributed by atoms with Crippen LogP contribution in [0.1, 0.15) is 51.7 Å². The molecule has 1 rings (SSSR count). The summed E-state index contributed by atoms with van der Waals surface area (Å²) in [6.45, 7) is 6.81. The molecule has 0 fully saturated rings. The fraction of sp³-hybridized carbons (Fsp3) is 0.600. The zero-order valence-corrected chi connectivity index (χ0v) is 11.7. The van der Waals surface area contributed by atoms with E-state index in [1.54, 1.807) is 6.07 Å². The highest BCUT2D eigenvalue weighted by Crippen LogP contribution is 2.45. The summed E-state index contributed by atoms with van der Waals surface area (Å²) in [5.41, 5.74) is -0.273. The fourth-order valence-corrected chi connectivity index (χ4v) is 1.77. The van der Waals surface area contributed by atoms with Crippen LogP contribution in [0.3, 0.4) is 0 Å². The quantitative estimate of drug-likeness (QED) is 0.622. The van der Waals surface area contributed by atoms with E-state index in [1.165, 1.54) is 12.1 Å². The summed E-state index contributed by atoms with van der Waals surface area (Å²) in [4.78, 5) is 0. The maximum Gasteiger partial charge on any atom is 0.335 e. The molecule has 0 N–H and O–H groups in total. The van der Waals surface area contributed by atoms with Gasteiger partial charge in [-0.15, -0.1) is 0 Å². The van der Waals surface area contributed by atoms with Gasteiger partial charge in [0.1, 0.15) is 0 Å². The van der Waals surface area contributed by atoms with Crippen molar-refractivity contribution in [2.75, 3.05) is 0 Å². The van der Waals surface area contributed by atoms with Crippen molar-refractivity contribution in [1.29, 1.82) is 0 Å². The average molecular weight is 276 g/mol. The van der Waals surface area contributed by atoms with Gasteiger partial charge in [-0.25, -0.2) is 0 Å². The van der Waals surface area contributed by atoms with Crippen LogP contribution in [-0.4, -0.2) is 5.92 Å². The lowest BCUT2D eigenvalue weighted by Gasteiger charge is -2.28. The third-order valence-electron chi connectivity index (χ3n) is 3.79. The smallest absolute Gasteiger partial charge is 0.200 e. The molecule has 1 aromatic carbocycles. The van der Waals surface area contributed by atoms with E-state index in [2.05, 4.69) is 0 Å². The molecule has 0 aliphatic rings. The summed E-state index contributed by atoms with van der Waals surface area (Å²) in [6.07, 6.45) is -0.145. The predicted octanol–water partition coefficient (Wildman–Crippen LogP) is 5.51. The highest BCUT2D eigenvalue weighted by molar-refractivity contribution is 5.32. The molecule has 0 aliphatic carbocycles. The van der Waals surface area contributed by atoms with Crippen molar-refractivity contribution in [2.24, 2.45) is 0 Å². The Bertz CT molecular complexity index is 436. The minimum atomic E-state index is -4.14. The Morgan fingerprint density at radius 3 is 1.89 bits per heavy atom. The van der Waals surface area contributed by atoms with E-state index in [0.29, 0.717) is 5.56 Å². The molecule has 0 atom stereocenters. The van der Waals surface area contributed by atoms with Crippen molar-refractivity contribution in [3.63, 3.8) is 0 Å². The number of alkyl halides is 4. The van der Waals surface area contributed by atoms with E-state index < -0.39 is 23.8 Å². The maximum atomic E-state index is 13.9. The van der Waals surface area contributed by atoms with Crippen LogP contribution in [0.2, 0.25) is 0 Å². The first-order valence-electron chi connectivity index (χ1n) is 6.45. The molecule has 0 saturated carbocycles. The van der Waals surface area contributed by atoms with Gasteiger partial charge < -0.3 is 0 Å². The molecule has 0 bridgehead atoms. The second kappa shape index (κ2) is 5.14. The Kier molecular flexibility index (Phi) is 4.33. The fourth-order valence-electron chi connectivity index (χ4n) is 1.77. The number of benzene rings is 1. The van der Waals surface area contributed by atoms with Crippen LogP contribution >= 0.6 is 0 Å². The van der Waals surface area contributed by atoms with Crippen molar-refractivity contribution in [3.8, 4) is 0 Å². The van der Waals surface area contributed by atoms with E-state index in [-0.39, 0.29) is 5.41 Å². The molecular weight excluding hydrogens is 256 g/mol. The molecular formula is C15H20F4. The second-order valence-electron chi connectivity index (χ2n) is 5.45. The molecule has 1 aromatic rings. The highest BCUT2D eigenvalue weighted by Gasteiger charge is 2.55. The normalized spacial score (nSPS) is 13.7. The van der Waals surface area contributed by atoms with Crippen LogP contribution in [0.15, 0.2) is 24.3 Å². The zero-order valence-electron chi connectivity index (χ0n) is 11.7. The SMILES string of the molecule is CCC(C)(C)c1cccc(C(F)(F)C(F)(F)CC)c1. The second-order valence-corrected chi connectivity index (χ2v) is 5.45. The molecule has 0 unspecified atom stereocenters. The number of rotatable bonds is 5. The van der Waals surface area contributed by atoms with Gasteiger partial charge in [-0.3, -0.25) is 0 Å². The summed E-state index contributed by atoms with van der Waals surface area (Å²) >= 11 is 0. The molecule has 0 saturated heterocycles. The van der Waals surface area contributed by atoms with Crippen molar-refractivity contribution in [3.05, 3.63) is 35.4 Å². The predicted molar refractivity (Wildman–Crippen MR) is 68.9 cm³/mol. The molecule has 108 valence electrons. The topological polar surface area (TPSA) is 0 Å². The monoisotopic (exact) mass is 276 g/mol. The van der Waals surface area contributed by atoms with Crippen molar-refractivity contribution < 1.29 is 17.6 Å². The van der Waals surface area contributed by atoms with Crippen LogP contribution in [0, 0.1) is 0 Å². The molecule has 0 spiro atoms. The molecule has 0 amide bonds. The van der Waals surface area contributed by atoms with Crippen molar-refractivity contribution >= 4 is 0 Å². The van der Waals surface area contributed by atoms with Crippen molar-refractivity contribution in [1.82, 2.24) is 0 Å². The van der Waals surface area contributed by atoms with Crippen LogP contribution in [0.25, 0.3) is 0 Å². The lowest BCUT2D eigenvalue weighted by Crippen LogP contribution is -2.37. The molecule has 0 aliphatic heterocycles. The van der Waals surface area contributed by atoms with Crippen molar-refractivity contribution in [2.45, 2.75) is 57.8 Å². The van der Waals surface area contributed by atoms with Gasteiger partial charge in [-0.1, -0.05) is 45.9 Å². The Balaban J connectivity index is 3.27. The van der Waals surface area contributed by atoms with Gasteiger partial charge in [-0.05, 0) is 23.5 Å². The lowest BCUT2D eigenvalue weighted by atomic mass is 9.81. The summed E-state index contributed by atoms with van der Waals surface area (Å²) in [5, 5.41) is 0. The van der Waals surface area contributed by atoms with E-state index in [4.69, 9.17) is 0 Å². The zero-order chi connectivity index (χ0) is 14.9. The standard InChI is InChI=1S/C15H20F4/c1-5-13(3,4)11-8-7-9-12(10-11)15(18,19)14(16,17)6-2/h7-10H,5-6H2,1-4H3. The molecule has 4 heteroatoms. The Labute approximate surface area is 111 Å². The van der Waals surface area contributed by atoms with Crippen LogP contribution < -0.4 is 0 Å². The Morgan fingerprint density at radius 1 is 0.895 bits per heavy atom. The van der Waals surface area contributed by atoms with E-state index in [1.807, 2.05) is 20.8 Å². The van der Waals surface area contributed by atoms with Gasteiger partial charge in [0, 0.05) is 12.0 Å². The minimum Gasteiger partial charge on any atom is -0.200 e. The Morgan fingerprint density at radius 2 is 1.42 bits per heavy atom. The molecule has 0 radical (unpaired) electrons. The minimum absolute atomic E-state index is 0.312. The molecule has 0 aromatic heterocycles. The first-order valence-corrected chi connectivity index (χ1v) is 6.45. The third kappa shape index (κ3) is 2.93. The lowest BCUT2D eigenvalue weighted by molar-refractivity contribution is -0.217. The van der Waals surface area contributed by atoms with Gasteiger partial charge in [0.25, 0.3) is 0 Å². The van der Waals surface area contributed by atoms with Crippen LogP contribution in [0.4, 0.5) is 17.6 Å². The molecule has 19 heavy (non-hydrogen) atoms. The summed E-state index contributed by atoms with van der Waals surface area (Å²) in [6, 6.07) is 5.39. The molecule has 0 heterocycles. The van der Waals surface area contributed by atoms with Crippen LogP contribution in [-0.2, 0) is 11.3 Å². The van der Waals surface area contributed by atoms with Gasteiger partial charge in [0.05, 0.1) is 0 Å². The van der Waals surface area contributed by atoms with Gasteiger partial charge in [0.2, 0.25) is 0 Å². The summed E-state index contributed by atoms with van der Waals surface area (Å²) < 4.78 is 54.5. The molecule has 0 nitrogen and oxygen atoms in total. The first-order chi connectivity index (χ1) is 8.58. The number of halogens is 4. The van der Waals surface area contributed by atoms with Gasteiger partial charge in [-0.2, -0.15) is 17.6 Å². The van der Waals surface area contributed by atoms with E-state index in [0.717, 1.165) is 19.4 Å². The average Bonchev–Trinajstić information content (AvgIpc) is 2.38. The summed E-state index contributed by atoms with van der Waals surface area (Å²) in [7, 11) is 0. The number of hydrogen-bond acceptors (Lipinski definition) is 0. The van der Waals surface area contributed by atoms with E-state index >= 15 is 0 Å². The van der Waals surface area contributed by atoms with E-state index in [9.17, 15) is 17.6 Å². The third-order valence-corrected chi connectivity index (χ3v) is 3.79. The van der Waals surface area contributed by atoms with Crippen LogP contribution in [0.5, 0.6) is 0 Å².